The van der Waals surface area contributed by atoms with Crippen LogP contribution in [0.15, 0.2) is 6.07 Å². The Labute approximate surface area is 98.5 Å². The van der Waals surface area contributed by atoms with Crippen molar-refractivity contribution in [1.29, 1.82) is 5.26 Å². The van der Waals surface area contributed by atoms with Gasteiger partial charge in [0.15, 0.2) is 5.65 Å². The van der Waals surface area contributed by atoms with Crippen LogP contribution in [0.5, 0.6) is 0 Å². The molecule has 0 aliphatic rings. The van der Waals surface area contributed by atoms with Crippen LogP contribution in [0.1, 0.15) is 36.7 Å². The molecule has 0 radical (unpaired) electrons. The molecule has 2 aromatic heterocycles. The van der Waals surface area contributed by atoms with Gasteiger partial charge in [0.05, 0.1) is 5.56 Å². The van der Waals surface area contributed by atoms with Crippen molar-refractivity contribution in [2.75, 3.05) is 0 Å². The van der Waals surface area contributed by atoms with E-state index in [0.717, 1.165) is 11.4 Å². The molecule has 2 rings (SSSR count). The average molecular weight is 232 g/mol. The minimum atomic E-state index is 0.259. The number of fused-ring (bicyclic) bond motifs is 1. The van der Waals surface area contributed by atoms with Crippen LogP contribution in [-0.4, -0.2) is 14.6 Å². The van der Waals surface area contributed by atoms with Crippen molar-refractivity contribution in [2.24, 2.45) is 0 Å². The van der Waals surface area contributed by atoms with Crippen LogP contribution in [-0.2, 0) is 0 Å². The zero-order valence-electron chi connectivity index (χ0n) is 9.40. The number of pyridine rings is 1. The van der Waals surface area contributed by atoms with Crippen molar-refractivity contribution in [2.45, 2.75) is 26.7 Å². The van der Waals surface area contributed by atoms with Crippen LogP contribution in [0, 0.1) is 22.9 Å². The molecular formula is C11H12N4S. The number of nitrogens with one attached hydrogen (secondary N) is 1. The van der Waals surface area contributed by atoms with Crippen LogP contribution in [0.4, 0.5) is 0 Å². The van der Waals surface area contributed by atoms with Crippen molar-refractivity contribution < 1.29 is 0 Å². The molecule has 2 aromatic rings. The summed E-state index contributed by atoms with van der Waals surface area (Å²) < 4.78 is 2.52. The van der Waals surface area contributed by atoms with E-state index in [-0.39, 0.29) is 5.92 Å². The van der Waals surface area contributed by atoms with E-state index in [1.165, 1.54) is 0 Å². The van der Waals surface area contributed by atoms with Gasteiger partial charge in [0.1, 0.15) is 16.5 Å². The van der Waals surface area contributed by atoms with Crippen molar-refractivity contribution >= 4 is 17.9 Å². The number of aromatic nitrogens is 3. The van der Waals surface area contributed by atoms with E-state index in [0.29, 0.717) is 15.9 Å². The van der Waals surface area contributed by atoms with Crippen molar-refractivity contribution in [3.05, 3.63) is 27.7 Å². The summed E-state index contributed by atoms with van der Waals surface area (Å²) in [5, 5.41) is 16.2. The van der Waals surface area contributed by atoms with E-state index >= 15 is 0 Å². The lowest BCUT2D eigenvalue weighted by molar-refractivity contribution is 0.756. The number of hydrogen-bond donors (Lipinski definition) is 1. The topological polar surface area (TPSA) is 56.9 Å². The van der Waals surface area contributed by atoms with E-state index in [1.54, 1.807) is 0 Å². The molecule has 82 valence electrons. The first-order valence-corrected chi connectivity index (χ1v) is 5.47. The molecule has 0 unspecified atom stereocenters. The first-order valence-electron chi connectivity index (χ1n) is 5.07. The molecule has 0 fully saturated rings. The van der Waals surface area contributed by atoms with Gasteiger partial charge in [-0.3, -0.25) is 9.50 Å². The zero-order chi connectivity index (χ0) is 11.9. The smallest absolute Gasteiger partial charge is 0.151 e. The maximum Gasteiger partial charge on any atom is 0.151 e. The van der Waals surface area contributed by atoms with Gasteiger partial charge in [-0.05, 0) is 18.6 Å². The summed E-state index contributed by atoms with van der Waals surface area (Å²) >= 11 is 5.30. The minimum Gasteiger partial charge on any atom is -0.270 e. The molecule has 5 heteroatoms. The van der Waals surface area contributed by atoms with Gasteiger partial charge in [-0.1, -0.05) is 26.1 Å². The summed E-state index contributed by atoms with van der Waals surface area (Å²) in [6.07, 6.45) is 0. The molecule has 0 aromatic carbocycles. The number of H-pyrrole nitrogens is 1. The molecule has 4 nitrogen and oxygen atoms in total. The molecule has 1 N–H and O–H groups in total. The van der Waals surface area contributed by atoms with E-state index in [4.69, 9.17) is 17.5 Å². The third-order valence-electron chi connectivity index (χ3n) is 2.55. The van der Waals surface area contributed by atoms with Gasteiger partial charge >= 0.3 is 0 Å². The van der Waals surface area contributed by atoms with E-state index in [2.05, 4.69) is 16.3 Å². The highest BCUT2D eigenvalue weighted by atomic mass is 32.1. The predicted molar refractivity (Wildman–Crippen MR) is 63.9 cm³/mol. The largest absolute Gasteiger partial charge is 0.270 e. The normalized spacial score (nSPS) is 10.9. The third-order valence-corrected chi connectivity index (χ3v) is 2.85. The van der Waals surface area contributed by atoms with E-state index in [1.807, 2.05) is 31.2 Å². The van der Waals surface area contributed by atoms with E-state index < -0.39 is 0 Å². The van der Waals surface area contributed by atoms with Gasteiger partial charge < -0.3 is 0 Å². The lowest BCUT2D eigenvalue weighted by atomic mass is 10.1. The number of nitrogens with zero attached hydrogens (tertiary/aromatic N) is 3. The van der Waals surface area contributed by atoms with Gasteiger partial charge in [-0.2, -0.15) is 10.4 Å². The number of nitriles is 1. The Bertz CT molecular complexity index is 642. The molecule has 0 atom stereocenters. The Kier molecular flexibility index (Phi) is 2.52. The fourth-order valence-electron chi connectivity index (χ4n) is 1.75. The highest BCUT2D eigenvalue weighted by molar-refractivity contribution is 7.71. The second-order valence-corrected chi connectivity index (χ2v) is 4.49. The van der Waals surface area contributed by atoms with Crippen molar-refractivity contribution in [3.63, 3.8) is 0 Å². The summed E-state index contributed by atoms with van der Waals surface area (Å²) in [6.45, 7) is 5.97. The number of aryl methyl sites for hydroxylation is 1. The Morgan fingerprint density at radius 2 is 2.25 bits per heavy atom. The molecule has 0 spiro atoms. The van der Waals surface area contributed by atoms with Crippen LogP contribution < -0.4 is 0 Å². The number of rotatable bonds is 1. The summed E-state index contributed by atoms with van der Waals surface area (Å²) in [4.78, 5) is 0. The fraction of sp³-hybridized carbons (Fsp3) is 0.364. The molecule has 0 saturated carbocycles. The molecule has 0 aliphatic heterocycles. The number of hydrogen-bond acceptors (Lipinski definition) is 3. The second-order valence-electron chi connectivity index (χ2n) is 4.07. The van der Waals surface area contributed by atoms with Crippen LogP contribution in [0.3, 0.4) is 0 Å². The van der Waals surface area contributed by atoms with Crippen LogP contribution in [0.25, 0.3) is 5.65 Å². The zero-order valence-corrected chi connectivity index (χ0v) is 10.2. The van der Waals surface area contributed by atoms with Gasteiger partial charge in [-0.25, -0.2) is 0 Å². The molecule has 0 bridgehead atoms. The Hall–Kier alpha value is -1.67. The number of aromatic amines is 1. The minimum absolute atomic E-state index is 0.259. The highest BCUT2D eigenvalue weighted by Gasteiger charge is 2.13. The molecule has 16 heavy (non-hydrogen) atoms. The maximum atomic E-state index is 9.11. The summed E-state index contributed by atoms with van der Waals surface area (Å²) in [5.41, 5.74) is 2.18. The lowest BCUT2D eigenvalue weighted by Crippen LogP contribution is -2.00. The summed E-state index contributed by atoms with van der Waals surface area (Å²) in [6, 6.07) is 4.01. The van der Waals surface area contributed by atoms with Crippen LogP contribution in [0.2, 0.25) is 0 Å². The Morgan fingerprint density at radius 3 is 2.81 bits per heavy atom. The average Bonchev–Trinajstić information content (AvgIpc) is 2.62. The van der Waals surface area contributed by atoms with Crippen molar-refractivity contribution in [3.8, 4) is 6.07 Å². The SMILES string of the molecule is Cc1cc(=S)n2c(C(C)C)n[nH]c2c1C#N. The van der Waals surface area contributed by atoms with E-state index in [9.17, 15) is 0 Å². The monoisotopic (exact) mass is 232 g/mol. The van der Waals surface area contributed by atoms with Gasteiger partial charge in [0.25, 0.3) is 0 Å². The quantitative estimate of drug-likeness (QED) is 0.769. The predicted octanol–water partition coefficient (Wildman–Crippen LogP) is 2.70. The van der Waals surface area contributed by atoms with Gasteiger partial charge in [0, 0.05) is 5.92 Å². The first-order chi connectivity index (χ1) is 7.56. The Morgan fingerprint density at radius 1 is 1.56 bits per heavy atom. The molecule has 0 aliphatic carbocycles. The molecule has 0 saturated heterocycles. The molecular weight excluding hydrogens is 220 g/mol. The maximum absolute atomic E-state index is 9.11. The van der Waals surface area contributed by atoms with Crippen molar-refractivity contribution in [1.82, 2.24) is 14.6 Å². The molecule has 0 amide bonds. The highest BCUT2D eigenvalue weighted by Crippen LogP contribution is 2.19. The third kappa shape index (κ3) is 1.42. The fourth-order valence-corrected chi connectivity index (χ4v) is 2.11. The van der Waals surface area contributed by atoms with Gasteiger partial charge in [0.2, 0.25) is 0 Å². The lowest BCUT2D eigenvalue weighted by Gasteiger charge is -2.05. The van der Waals surface area contributed by atoms with Crippen LogP contribution >= 0.6 is 12.2 Å². The second kappa shape index (κ2) is 3.72. The molecule has 2 heterocycles. The summed E-state index contributed by atoms with van der Waals surface area (Å²) in [5.74, 6) is 1.12. The standard InChI is InChI=1S/C11H12N4S/c1-6(2)10-13-14-11-8(5-12)7(3)4-9(16)15(10)11/h4,6,14H,1-3H3. The van der Waals surface area contributed by atoms with Gasteiger partial charge in [-0.15, -0.1) is 0 Å². The summed E-state index contributed by atoms with van der Waals surface area (Å²) in [7, 11) is 0. The Balaban J connectivity index is 2.97. The first kappa shape index (κ1) is 10.8.